The quantitative estimate of drug-likeness (QED) is 0.644. The van der Waals surface area contributed by atoms with Crippen LogP contribution in [0.25, 0.3) is 10.9 Å². The van der Waals surface area contributed by atoms with Crippen LogP contribution in [0.2, 0.25) is 0 Å². The summed E-state index contributed by atoms with van der Waals surface area (Å²) in [4.78, 5) is 19.5. The van der Waals surface area contributed by atoms with Gasteiger partial charge in [-0.2, -0.15) is 5.26 Å². The van der Waals surface area contributed by atoms with E-state index in [9.17, 15) is 10.1 Å². The molecular formula is C24H25N5O2. The number of amides is 2. The Kier molecular flexibility index (Phi) is 6.41. The van der Waals surface area contributed by atoms with Crippen molar-refractivity contribution in [1.29, 1.82) is 5.26 Å². The van der Waals surface area contributed by atoms with Gasteiger partial charge >= 0.3 is 6.03 Å². The highest BCUT2D eigenvalue weighted by Crippen LogP contribution is 2.28. The highest BCUT2D eigenvalue weighted by Gasteiger charge is 2.34. The van der Waals surface area contributed by atoms with E-state index in [1.165, 1.54) is 0 Å². The van der Waals surface area contributed by atoms with Gasteiger partial charge in [-0.1, -0.05) is 30.3 Å². The number of methoxy groups -OCH3 is 1. The number of likely N-dealkylation sites (tertiary alicyclic amines) is 1. The van der Waals surface area contributed by atoms with Crippen LogP contribution < -0.4 is 10.6 Å². The zero-order chi connectivity index (χ0) is 21.6. The molecule has 3 aromatic rings. The molecule has 1 aliphatic rings. The molecule has 158 valence electrons. The average molecular weight is 415 g/mol. The van der Waals surface area contributed by atoms with E-state index in [-0.39, 0.29) is 18.0 Å². The number of ether oxygens (including phenoxy) is 1. The molecule has 2 amide bonds. The van der Waals surface area contributed by atoms with Crippen molar-refractivity contribution >= 4 is 22.6 Å². The monoisotopic (exact) mass is 415 g/mol. The fourth-order valence-corrected chi connectivity index (χ4v) is 4.09. The Morgan fingerprint density at radius 2 is 2.10 bits per heavy atom. The lowest BCUT2D eigenvalue weighted by atomic mass is 9.93. The molecular weight excluding hydrogens is 390 g/mol. The van der Waals surface area contributed by atoms with Crippen LogP contribution in [0.5, 0.6) is 0 Å². The predicted octanol–water partition coefficient (Wildman–Crippen LogP) is 3.34. The van der Waals surface area contributed by atoms with Crippen molar-refractivity contribution in [1.82, 2.24) is 15.2 Å². The van der Waals surface area contributed by atoms with Gasteiger partial charge in [0.25, 0.3) is 0 Å². The van der Waals surface area contributed by atoms with Gasteiger partial charge in [0.2, 0.25) is 0 Å². The van der Waals surface area contributed by atoms with E-state index >= 15 is 0 Å². The maximum Gasteiger partial charge on any atom is 0.319 e. The second-order valence-corrected chi connectivity index (χ2v) is 7.72. The maximum absolute atomic E-state index is 12.8. The summed E-state index contributed by atoms with van der Waals surface area (Å²) in [6, 6.07) is 19.2. The van der Waals surface area contributed by atoms with Gasteiger partial charge in [0.1, 0.15) is 0 Å². The van der Waals surface area contributed by atoms with Gasteiger partial charge in [-0.25, -0.2) is 4.79 Å². The predicted molar refractivity (Wildman–Crippen MR) is 120 cm³/mol. The number of benzene rings is 2. The highest BCUT2D eigenvalue weighted by molar-refractivity contribution is 5.92. The average Bonchev–Trinajstić information content (AvgIpc) is 3.20. The second kappa shape index (κ2) is 9.56. The Bertz CT molecular complexity index is 1110. The van der Waals surface area contributed by atoms with Gasteiger partial charge in [0, 0.05) is 38.0 Å². The van der Waals surface area contributed by atoms with E-state index in [1.54, 1.807) is 19.4 Å². The lowest BCUT2D eigenvalue weighted by molar-refractivity contribution is 0.159. The first-order valence-corrected chi connectivity index (χ1v) is 10.3. The number of urea groups is 1. The van der Waals surface area contributed by atoms with Crippen molar-refractivity contribution in [2.75, 3.05) is 38.7 Å². The molecule has 0 unspecified atom stereocenters. The topological polar surface area (TPSA) is 90.3 Å². The molecule has 0 spiro atoms. The number of para-hydroxylation sites is 1. The number of rotatable bonds is 6. The molecule has 2 heterocycles. The lowest BCUT2D eigenvalue weighted by Gasteiger charge is -2.21. The number of hydrogen-bond donors (Lipinski definition) is 2. The molecule has 0 aliphatic carbocycles. The zero-order valence-corrected chi connectivity index (χ0v) is 17.4. The molecule has 1 aliphatic heterocycles. The smallest absolute Gasteiger partial charge is 0.319 e. The number of hydrogen-bond acceptors (Lipinski definition) is 5. The SMILES string of the molecule is COCCN1C[C@@H](NC(=O)Nc2cnc3ccccc3c2)[C@H](c2cccc(C#N)c2)C1. The van der Waals surface area contributed by atoms with Crippen LogP contribution in [0.1, 0.15) is 17.0 Å². The molecule has 2 atom stereocenters. The van der Waals surface area contributed by atoms with Gasteiger partial charge < -0.3 is 15.4 Å². The minimum absolute atomic E-state index is 0.0841. The van der Waals surface area contributed by atoms with Gasteiger partial charge in [-0.15, -0.1) is 0 Å². The number of anilines is 1. The lowest BCUT2D eigenvalue weighted by Crippen LogP contribution is -2.42. The molecule has 31 heavy (non-hydrogen) atoms. The summed E-state index contributed by atoms with van der Waals surface area (Å²) >= 11 is 0. The van der Waals surface area contributed by atoms with E-state index < -0.39 is 0 Å². The molecule has 7 nitrogen and oxygen atoms in total. The number of aromatic nitrogens is 1. The number of carbonyl (C=O) groups excluding carboxylic acids is 1. The largest absolute Gasteiger partial charge is 0.383 e. The van der Waals surface area contributed by atoms with Gasteiger partial charge in [-0.05, 0) is 29.8 Å². The fraction of sp³-hybridized carbons (Fsp3) is 0.292. The normalized spacial score (nSPS) is 18.6. The Labute approximate surface area is 181 Å². The van der Waals surface area contributed by atoms with E-state index in [4.69, 9.17) is 4.74 Å². The van der Waals surface area contributed by atoms with Crippen molar-refractivity contribution < 1.29 is 9.53 Å². The van der Waals surface area contributed by atoms with Crippen molar-refractivity contribution in [3.63, 3.8) is 0 Å². The number of nitrogens with one attached hydrogen (secondary N) is 2. The minimum atomic E-state index is -0.267. The molecule has 1 fully saturated rings. The highest BCUT2D eigenvalue weighted by atomic mass is 16.5. The standard InChI is InChI=1S/C24H25N5O2/c1-31-10-9-29-15-21(18-7-4-5-17(11-18)13-25)23(16-29)28-24(30)27-20-12-19-6-2-3-8-22(19)26-14-20/h2-8,11-12,14,21,23H,9-10,15-16H2,1H3,(H2,27,28,30)/t21-,23+/m0/s1. The van der Waals surface area contributed by atoms with Gasteiger partial charge in [0.15, 0.2) is 0 Å². The summed E-state index contributed by atoms with van der Waals surface area (Å²) in [5.74, 6) is 0.0886. The molecule has 2 aromatic carbocycles. The van der Waals surface area contributed by atoms with E-state index in [0.29, 0.717) is 24.4 Å². The molecule has 0 saturated carbocycles. The van der Waals surface area contributed by atoms with E-state index in [1.807, 2.05) is 48.5 Å². The molecule has 1 saturated heterocycles. The van der Waals surface area contributed by atoms with Crippen LogP contribution in [0.3, 0.4) is 0 Å². The third kappa shape index (κ3) is 5.00. The van der Waals surface area contributed by atoms with Crippen molar-refractivity contribution in [3.8, 4) is 6.07 Å². The van der Waals surface area contributed by atoms with Crippen LogP contribution in [-0.2, 0) is 4.74 Å². The molecule has 0 radical (unpaired) electrons. The van der Waals surface area contributed by atoms with Crippen LogP contribution >= 0.6 is 0 Å². The van der Waals surface area contributed by atoms with Gasteiger partial charge in [-0.3, -0.25) is 9.88 Å². The first-order chi connectivity index (χ1) is 15.2. The van der Waals surface area contributed by atoms with Crippen LogP contribution in [0.4, 0.5) is 10.5 Å². The number of pyridine rings is 1. The number of fused-ring (bicyclic) bond motifs is 1. The Balaban J connectivity index is 1.48. The molecule has 0 bridgehead atoms. The van der Waals surface area contributed by atoms with Crippen molar-refractivity contribution in [2.45, 2.75) is 12.0 Å². The van der Waals surface area contributed by atoms with Crippen molar-refractivity contribution in [3.05, 3.63) is 71.9 Å². The van der Waals surface area contributed by atoms with Crippen LogP contribution in [0, 0.1) is 11.3 Å². The molecule has 7 heteroatoms. The van der Waals surface area contributed by atoms with E-state index in [0.717, 1.165) is 29.6 Å². The number of nitriles is 1. The van der Waals surface area contributed by atoms with Gasteiger partial charge in [0.05, 0.1) is 41.7 Å². The maximum atomic E-state index is 12.8. The number of carbonyl (C=O) groups is 1. The third-order valence-electron chi connectivity index (χ3n) is 5.62. The molecule has 4 rings (SSSR count). The summed E-state index contributed by atoms with van der Waals surface area (Å²) in [6.45, 7) is 2.93. The fourth-order valence-electron chi connectivity index (χ4n) is 4.09. The summed E-state index contributed by atoms with van der Waals surface area (Å²) in [6.07, 6.45) is 1.66. The van der Waals surface area contributed by atoms with Crippen LogP contribution in [0.15, 0.2) is 60.8 Å². The first kappa shape index (κ1) is 20.8. The Morgan fingerprint density at radius 3 is 2.94 bits per heavy atom. The summed E-state index contributed by atoms with van der Waals surface area (Å²) < 4.78 is 5.22. The third-order valence-corrected chi connectivity index (χ3v) is 5.62. The summed E-state index contributed by atoms with van der Waals surface area (Å²) in [7, 11) is 1.69. The van der Waals surface area contributed by atoms with Crippen LogP contribution in [-0.4, -0.2) is 55.3 Å². The zero-order valence-electron chi connectivity index (χ0n) is 17.4. The molecule has 1 aromatic heterocycles. The van der Waals surface area contributed by atoms with E-state index in [2.05, 4.69) is 26.6 Å². The first-order valence-electron chi connectivity index (χ1n) is 10.3. The second-order valence-electron chi connectivity index (χ2n) is 7.72. The van der Waals surface area contributed by atoms with Crippen molar-refractivity contribution in [2.24, 2.45) is 0 Å². The summed E-state index contributed by atoms with van der Waals surface area (Å²) in [5.41, 5.74) is 3.21. The number of nitrogens with zero attached hydrogens (tertiary/aromatic N) is 3. The summed E-state index contributed by atoms with van der Waals surface area (Å²) in [5, 5.41) is 16.3. The molecule has 2 N–H and O–H groups in total. The Morgan fingerprint density at radius 1 is 1.23 bits per heavy atom. The Hall–Kier alpha value is -3.47. The minimum Gasteiger partial charge on any atom is -0.383 e.